The Hall–Kier alpha value is -3.92. The monoisotopic (exact) mass is 359 g/mol. The van der Waals surface area contributed by atoms with E-state index in [-0.39, 0.29) is 11.6 Å². The molecule has 1 amide bonds. The number of methoxy groups -OCH3 is 1. The van der Waals surface area contributed by atoms with Crippen molar-refractivity contribution in [2.24, 2.45) is 0 Å². The van der Waals surface area contributed by atoms with E-state index < -0.39 is 0 Å². The van der Waals surface area contributed by atoms with Crippen molar-refractivity contribution >= 4 is 17.4 Å². The van der Waals surface area contributed by atoms with Gasteiger partial charge >= 0.3 is 0 Å². The number of anilines is 2. The summed E-state index contributed by atoms with van der Waals surface area (Å²) in [7, 11) is 1.62. The summed E-state index contributed by atoms with van der Waals surface area (Å²) in [5.41, 5.74) is 2.41. The Labute approximate surface area is 156 Å². The van der Waals surface area contributed by atoms with E-state index >= 15 is 0 Å². The molecule has 0 aliphatic heterocycles. The van der Waals surface area contributed by atoms with E-state index in [1.165, 1.54) is 6.33 Å². The number of ether oxygens (including phenoxy) is 1. The van der Waals surface area contributed by atoms with Crippen LogP contribution in [0.4, 0.5) is 11.5 Å². The third kappa shape index (κ3) is 4.80. The minimum absolute atomic E-state index is 0.242. The van der Waals surface area contributed by atoms with E-state index in [2.05, 4.69) is 20.6 Å². The number of benzene rings is 2. The Balaban J connectivity index is 1.63. The van der Waals surface area contributed by atoms with Crippen molar-refractivity contribution in [1.29, 1.82) is 5.26 Å². The molecule has 2 N–H and O–H groups in total. The zero-order valence-electron chi connectivity index (χ0n) is 14.6. The standard InChI is InChI=1S/C20H17N5O2/c1-27-17-8-4-15(5-9-17)12-22-19-10-18(23-13-24-19)20(26)25-16-6-2-14(11-21)3-7-16/h2-10,13H,12H2,1H3,(H,25,26)(H,22,23,24). The van der Waals surface area contributed by atoms with Gasteiger partial charge in [0.1, 0.15) is 23.6 Å². The third-order valence-corrected chi connectivity index (χ3v) is 3.80. The Morgan fingerprint density at radius 3 is 2.52 bits per heavy atom. The molecule has 3 rings (SSSR count). The van der Waals surface area contributed by atoms with Crippen molar-refractivity contribution in [1.82, 2.24) is 9.97 Å². The van der Waals surface area contributed by atoms with Crippen LogP contribution in [0.3, 0.4) is 0 Å². The summed E-state index contributed by atoms with van der Waals surface area (Å²) in [6.07, 6.45) is 1.34. The Kier molecular flexibility index (Phi) is 5.60. The third-order valence-electron chi connectivity index (χ3n) is 3.80. The van der Waals surface area contributed by atoms with E-state index in [1.807, 2.05) is 30.3 Å². The van der Waals surface area contributed by atoms with E-state index in [9.17, 15) is 4.79 Å². The quantitative estimate of drug-likeness (QED) is 0.701. The van der Waals surface area contributed by atoms with Crippen LogP contribution in [0.1, 0.15) is 21.6 Å². The molecule has 134 valence electrons. The van der Waals surface area contributed by atoms with Crippen LogP contribution < -0.4 is 15.4 Å². The van der Waals surface area contributed by atoms with Gasteiger partial charge in [-0.05, 0) is 42.0 Å². The highest BCUT2D eigenvalue weighted by Crippen LogP contribution is 2.14. The average Bonchev–Trinajstić information content (AvgIpc) is 2.73. The molecule has 1 heterocycles. The first-order valence-electron chi connectivity index (χ1n) is 8.18. The Morgan fingerprint density at radius 2 is 1.85 bits per heavy atom. The van der Waals surface area contributed by atoms with Crippen LogP contribution in [0.25, 0.3) is 0 Å². The zero-order valence-corrected chi connectivity index (χ0v) is 14.6. The second-order valence-corrected chi connectivity index (χ2v) is 5.63. The molecule has 0 fully saturated rings. The van der Waals surface area contributed by atoms with Crippen molar-refractivity contribution in [2.75, 3.05) is 17.7 Å². The maximum atomic E-state index is 12.4. The Morgan fingerprint density at radius 1 is 1.11 bits per heavy atom. The first-order valence-corrected chi connectivity index (χ1v) is 8.18. The van der Waals surface area contributed by atoms with Gasteiger partial charge in [0.05, 0.1) is 18.7 Å². The fourth-order valence-corrected chi connectivity index (χ4v) is 2.34. The smallest absolute Gasteiger partial charge is 0.274 e. The zero-order chi connectivity index (χ0) is 19.1. The molecule has 0 radical (unpaired) electrons. The van der Waals surface area contributed by atoms with Crippen molar-refractivity contribution in [3.63, 3.8) is 0 Å². The molecule has 0 saturated heterocycles. The molecule has 0 saturated carbocycles. The van der Waals surface area contributed by atoms with Gasteiger partial charge in [-0.15, -0.1) is 0 Å². The van der Waals surface area contributed by atoms with Gasteiger partial charge in [0.2, 0.25) is 0 Å². The number of carbonyl (C=O) groups excluding carboxylic acids is 1. The maximum absolute atomic E-state index is 12.4. The summed E-state index contributed by atoms with van der Waals surface area (Å²) >= 11 is 0. The normalized spacial score (nSPS) is 9.93. The molecule has 0 aliphatic carbocycles. The van der Waals surface area contributed by atoms with Crippen LogP contribution in [-0.2, 0) is 6.54 Å². The largest absolute Gasteiger partial charge is 0.497 e. The van der Waals surface area contributed by atoms with Crippen molar-refractivity contribution in [3.05, 3.63) is 77.7 Å². The van der Waals surface area contributed by atoms with Gasteiger partial charge in [-0.3, -0.25) is 4.79 Å². The molecule has 3 aromatic rings. The number of nitrogens with one attached hydrogen (secondary N) is 2. The lowest BCUT2D eigenvalue weighted by atomic mass is 10.2. The van der Waals surface area contributed by atoms with Crippen LogP contribution >= 0.6 is 0 Å². The number of aromatic nitrogens is 2. The molecule has 0 unspecified atom stereocenters. The molecule has 0 spiro atoms. The van der Waals surface area contributed by atoms with Crippen molar-refractivity contribution in [2.45, 2.75) is 6.54 Å². The van der Waals surface area contributed by atoms with Gasteiger partial charge in [0.25, 0.3) is 5.91 Å². The number of carbonyl (C=O) groups is 1. The van der Waals surface area contributed by atoms with Gasteiger partial charge in [-0.1, -0.05) is 12.1 Å². The summed E-state index contributed by atoms with van der Waals surface area (Å²) in [6, 6.07) is 17.9. The topological polar surface area (TPSA) is 99.9 Å². The molecule has 7 nitrogen and oxygen atoms in total. The number of hydrogen-bond acceptors (Lipinski definition) is 6. The average molecular weight is 359 g/mol. The summed E-state index contributed by atoms with van der Waals surface area (Å²) in [5, 5.41) is 14.7. The molecule has 0 atom stereocenters. The Bertz CT molecular complexity index is 963. The van der Waals surface area contributed by atoms with Crippen LogP contribution in [-0.4, -0.2) is 23.0 Å². The van der Waals surface area contributed by atoms with Gasteiger partial charge in [-0.2, -0.15) is 5.26 Å². The molecular weight excluding hydrogens is 342 g/mol. The minimum atomic E-state index is -0.352. The lowest BCUT2D eigenvalue weighted by molar-refractivity contribution is 0.102. The molecular formula is C20H17N5O2. The molecule has 27 heavy (non-hydrogen) atoms. The van der Waals surface area contributed by atoms with Crippen LogP contribution in [0, 0.1) is 11.3 Å². The summed E-state index contributed by atoms with van der Waals surface area (Å²) in [6.45, 7) is 0.553. The number of amides is 1. The fourth-order valence-electron chi connectivity index (χ4n) is 2.34. The van der Waals surface area contributed by atoms with Crippen molar-refractivity contribution < 1.29 is 9.53 Å². The molecule has 1 aromatic heterocycles. The highest BCUT2D eigenvalue weighted by atomic mass is 16.5. The predicted octanol–water partition coefficient (Wildman–Crippen LogP) is 3.22. The lowest BCUT2D eigenvalue weighted by Crippen LogP contribution is -2.14. The molecule has 0 aliphatic rings. The minimum Gasteiger partial charge on any atom is -0.497 e. The summed E-state index contributed by atoms with van der Waals surface area (Å²) in [4.78, 5) is 20.5. The molecule has 0 bridgehead atoms. The summed E-state index contributed by atoms with van der Waals surface area (Å²) < 4.78 is 5.13. The number of hydrogen-bond donors (Lipinski definition) is 2. The second kappa shape index (κ2) is 8.45. The van der Waals surface area contributed by atoms with Gasteiger partial charge in [0, 0.05) is 18.3 Å². The number of nitrogens with zero attached hydrogens (tertiary/aromatic N) is 3. The first-order chi connectivity index (χ1) is 13.2. The van der Waals surface area contributed by atoms with E-state index in [0.717, 1.165) is 11.3 Å². The number of rotatable bonds is 6. The van der Waals surface area contributed by atoms with Gasteiger partial charge < -0.3 is 15.4 Å². The maximum Gasteiger partial charge on any atom is 0.274 e. The highest BCUT2D eigenvalue weighted by molar-refractivity contribution is 6.03. The second-order valence-electron chi connectivity index (χ2n) is 5.63. The van der Waals surface area contributed by atoms with E-state index in [4.69, 9.17) is 10.00 Å². The first kappa shape index (κ1) is 17.9. The van der Waals surface area contributed by atoms with E-state index in [1.54, 1.807) is 37.4 Å². The van der Waals surface area contributed by atoms with Crippen LogP contribution in [0.15, 0.2) is 60.9 Å². The SMILES string of the molecule is COc1ccc(CNc2cc(C(=O)Nc3ccc(C#N)cc3)ncn2)cc1. The van der Waals surface area contributed by atoms with Gasteiger partial charge in [-0.25, -0.2) is 9.97 Å². The van der Waals surface area contributed by atoms with Crippen LogP contribution in [0.2, 0.25) is 0 Å². The predicted molar refractivity (Wildman–Crippen MR) is 101 cm³/mol. The van der Waals surface area contributed by atoms with E-state index in [0.29, 0.717) is 23.6 Å². The highest BCUT2D eigenvalue weighted by Gasteiger charge is 2.09. The summed E-state index contributed by atoms with van der Waals surface area (Å²) in [5.74, 6) is 0.989. The molecule has 2 aromatic carbocycles. The van der Waals surface area contributed by atoms with Crippen molar-refractivity contribution in [3.8, 4) is 11.8 Å². The number of nitriles is 1. The lowest BCUT2D eigenvalue weighted by Gasteiger charge is -2.08. The molecule has 7 heteroatoms. The van der Waals surface area contributed by atoms with Gasteiger partial charge in [0.15, 0.2) is 0 Å². The fraction of sp³-hybridized carbons (Fsp3) is 0.100. The van der Waals surface area contributed by atoms with Crippen LogP contribution in [0.5, 0.6) is 5.75 Å².